The van der Waals surface area contributed by atoms with Gasteiger partial charge in [0.25, 0.3) is 5.91 Å². The molecule has 1 atom stereocenters. The van der Waals surface area contributed by atoms with Gasteiger partial charge in [-0.25, -0.2) is 0 Å². The molecule has 1 aromatic rings. The third-order valence-corrected chi connectivity index (χ3v) is 4.49. The molecular formula is C15H18ClF3N2O. The summed E-state index contributed by atoms with van der Waals surface area (Å²) in [7, 11) is 0. The molecule has 0 bridgehead atoms. The molecule has 22 heavy (non-hydrogen) atoms. The Morgan fingerprint density at radius 1 is 1.27 bits per heavy atom. The van der Waals surface area contributed by atoms with Gasteiger partial charge in [-0.15, -0.1) is 12.4 Å². The number of benzene rings is 1. The predicted molar refractivity (Wildman–Crippen MR) is 79.1 cm³/mol. The molecule has 0 aliphatic carbocycles. The summed E-state index contributed by atoms with van der Waals surface area (Å²) >= 11 is 0. The number of hydrogen-bond acceptors (Lipinski definition) is 2. The molecule has 1 unspecified atom stereocenters. The lowest BCUT2D eigenvalue weighted by Crippen LogP contribution is -2.33. The molecule has 3 rings (SSSR count). The van der Waals surface area contributed by atoms with Gasteiger partial charge in [0.15, 0.2) is 0 Å². The Morgan fingerprint density at radius 2 is 2.05 bits per heavy atom. The number of hydrogen-bond donors (Lipinski definition) is 1. The van der Waals surface area contributed by atoms with Gasteiger partial charge in [0.05, 0.1) is 5.56 Å². The van der Waals surface area contributed by atoms with Crippen LogP contribution in [0.25, 0.3) is 0 Å². The number of likely N-dealkylation sites (tertiary alicyclic amines) is 1. The lowest BCUT2D eigenvalue weighted by atomic mass is 9.86. The van der Waals surface area contributed by atoms with Crippen molar-refractivity contribution in [3.63, 3.8) is 0 Å². The number of carbonyl (C=O) groups is 1. The summed E-state index contributed by atoms with van der Waals surface area (Å²) in [6.07, 6.45) is -2.47. The van der Waals surface area contributed by atoms with E-state index >= 15 is 0 Å². The normalized spacial score (nSPS) is 24.6. The van der Waals surface area contributed by atoms with Crippen molar-refractivity contribution in [1.29, 1.82) is 0 Å². The molecule has 7 heteroatoms. The van der Waals surface area contributed by atoms with Crippen LogP contribution >= 0.6 is 12.4 Å². The van der Waals surface area contributed by atoms with E-state index in [1.54, 1.807) is 4.90 Å². The summed E-state index contributed by atoms with van der Waals surface area (Å²) in [6.45, 7) is 3.09. The number of alkyl halides is 3. The highest BCUT2D eigenvalue weighted by Crippen LogP contribution is 2.37. The van der Waals surface area contributed by atoms with Gasteiger partial charge in [-0.05, 0) is 37.6 Å². The third kappa shape index (κ3) is 3.22. The number of nitrogens with zero attached hydrogens (tertiary/aromatic N) is 1. The van der Waals surface area contributed by atoms with E-state index in [9.17, 15) is 18.0 Å². The summed E-state index contributed by atoms with van der Waals surface area (Å²) in [6, 6.07) is 4.68. The van der Waals surface area contributed by atoms with E-state index in [-0.39, 0.29) is 29.3 Å². The van der Waals surface area contributed by atoms with Crippen LogP contribution in [0.1, 0.15) is 28.8 Å². The molecule has 2 fully saturated rings. The first kappa shape index (κ1) is 17.1. The topological polar surface area (TPSA) is 32.3 Å². The van der Waals surface area contributed by atoms with E-state index in [2.05, 4.69) is 5.32 Å². The van der Waals surface area contributed by atoms with Crippen molar-refractivity contribution in [3.05, 3.63) is 35.4 Å². The Morgan fingerprint density at radius 3 is 2.68 bits per heavy atom. The Kier molecular flexibility index (Phi) is 4.73. The Labute approximate surface area is 133 Å². The maximum atomic E-state index is 12.7. The fourth-order valence-electron chi connectivity index (χ4n) is 3.26. The summed E-state index contributed by atoms with van der Waals surface area (Å²) in [4.78, 5) is 14.1. The van der Waals surface area contributed by atoms with Crippen molar-refractivity contribution in [2.75, 3.05) is 26.2 Å². The molecular weight excluding hydrogens is 317 g/mol. The van der Waals surface area contributed by atoms with Crippen molar-refractivity contribution >= 4 is 18.3 Å². The number of rotatable bonds is 1. The maximum Gasteiger partial charge on any atom is 0.416 e. The molecule has 2 aliphatic rings. The first-order chi connectivity index (χ1) is 9.90. The highest BCUT2D eigenvalue weighted by atomic mass is 35.5. The van der Waals surface area contributed by atoms with Crippen molar-refractivity contribution in [3.8, 4) is 0 Å². The fraction of sp³-hybridized carbons (Fsp3) is 0.533. The first-order valence-corrected chi connectivity index (χ1v) is 7.07. The van der Waals surface area contributed by atoms with Gasteiger partial charge in [0.1, 0.15) is 0 Å². The van der Waals surface area contributed by atoms with Crippen molar-refractivity contribution in [2.24, 2.45) is 5.41 Å². The van der Waals surface area contributed by atoms with Crippen LogP contribution < -0.4 is 5.32 Å². The monoisotopic (exact) mass is 334 g/mol. The minimum absolute atomic E-state index is 0. The van der Waals surface area contributed by atoms with E-state index in [1.807, 2.05) is 0 Å². The lowest BCUT2D eigenvalue weighted by Gasteiger charge is -2.23. The highest BCUT2D eigenvalue weighted by Gasteiger charge is 2.42. The second-order valence-corrected chi connectivity index (χ2v) is 5.98. The van der Waals surface area contributed by atoms with Crippen LogP contribution in [0, 0.1) is 5.41 Å². The number of carbonyl (C=O) groups excluding carboxylic acids is 1. The van der Waals surface area contributed by atoms with Gasteiger partial charge in [0, 0.05) is 30.6 Å². The third-order valence-electron chi connectivity index (χ3n) is 4.49. The fourth-order valence-corrected chi connectivity index (χ4v) is 3.26. The molecule has 0 aromatic heterocycles. The molecule has 1 N–H and O–H groups in total. The van der Waals surface area contributed by atoms with Gasteiger partial charge < -0.3 is 10.2 Å². The van der Waals surface area contributed by atoms with Gasteiger partial charge in [0.2, 0.25) is 0 Å². The summed E-state index contributed by atoms with van der Waals surface area (Å²) in [5.41, 5.74) is -0.533. The molecule has 3 nitrogen and oxygen atoms in total. The van der Waals surface area contributed by atoms with Gasteiger partial charge in [-0.2, -0.15) is 13.2 Å². The zero-order chi connectivity index (χ0) is 15.1. The van der Waals surface area contributed by atoms with Gasteiger partial charge in [-0.1, -0.05) is 6.07 Å². The van der Waals surface area contributed by atoms with Gasteiger partial charge in [-0.3, -0.25) is 4.79 Å². The quantitative estimate of drug-likeness (QED) is 0.856. The Hall–Kier alpha value is -1.27. The van der Waals surface area contributed by atoms with Crippen LogP contribution in [0.15, 0.2) is 24.3 Å². The van der Waals surface area contributed by atoms with Crippen molar-refractivity contribution in [1.82, 2.24) is 10.2 Å². The predicted octanol–water partition coefficient (Wildman–Crippen LogP) is 2.95. The SMILES string of the molecule is Cl.O=C(c1cccc(C(F)(F)F)c1)N1CCC2(CCNC2)C1. The molecule has 1 amide bonds. The first-order valence-electron chi connectivity index (χ1n) is 7.07. The molecule has 2 aliphatic heterocycles. The second kappa shape index (κ2) is 6.08. The molecule has 1 spiro atoms. The van der Waals surface area contributed by atoms with Crippen molar-refractivity contribution < 1.29 is 18.0 Å². The summed E-state index contributed by atoms with van der Waals surface area (Å²) in [5.74, 6) is -0.301. The Balaban J connectivity index is 0.00000176. The number of amides is 1. The molecule has 2 saturated heterocycles. The number of halogens is 4. The van der Waals surface area contributed by atoms with Crippen LogP contribution in [0.2, 0.25) is 0 Å². The van der Waals surface area contributed by atoms with Gasteiger partial charge >= 0.3 is 6.18 Å². The zero-order valence-corrected chi connectivity index (χ0v) is 12.8. The van der Waals surface area contributed by atoms with Crippen LogP contribution in [0.4, 0.5) is 13.2 Å². The minimum Gasteiger partial charge on any atom is -0.338 e. The molecule has 2 heterocycles. The standard InChI is InChI=1S/C15H17F3N2O.ClH/c16-15(17,18)12-3-1-2-11(8-12)13(21)20-7-5-14(10-20)4-6-19-9-14;/h1-3,8,19H,4-7,9-10H2;1H. The highest BCUT2D eigenvalue weighted by molar-refractivity contribution is 5.94. The van der Waals surface area contributed by atoms with E-state index < -0.39 is 11.7 Å². The largest absolute Gasteiger partial charge is 0.416 e. The summed E-state index contributed by atoms with van der Waals surface area (Å²) in [5, 5.41) is 3.30. The minimum atomic E-state index is -4.42. The molecule has 0 radical (unpaired) electrons. The van der Waals surface area contributed by atoms with E-state index in [0.29, 0.717) is 13.1 Å². The van der Waals surface area contributed by atoms with E-state index in [0.717, 1.165) is 38.1 Å². The second-order valence-electron chi connectivity index (χ2n) is 5.98. The van der Waals surface area contributed by atoms with Crippen LogP contribution in [0.3, 0.4) is 0 Å². The van der Waals surface area contributed by atoms with Crippen LogP contribution in [0.5, 0.6) is 0 Å². The average molecular weight is 335 g/mol. The maximum absolute atomic E-state index is 12.7. The molecule has 1 aromatic carbocycles. The summed E-state index contributed by atoms with van der Waals surface area (Å²) < 4.78 is 38.1. The van der Waals surface area contributed by atoms with E-state index in [1.165, 1.54) is 12.1 Å². The lowest BCUT2D eigenvalue weighted by molar-refractivity contribution is -0.137. The van der Waals surface area contributed by atoms with E-state index in [4.69, 9.17) is 0 Å². The average Bonchev–Trinajstić information content (AvgIpc) is 3.08. The van der Waals surface area contributed by atoms with Crippen LogP contribution in [-0.4, -0.2) is 37.0 Å². The van der Waals surface area contributed by atoms with Crippen molar-refractivity contribution in [2.45, 2.75) is 19.0 Å². The Bertz CT molecular complexity index is 556. The zero-order valence-electron chi connectivity index (χ0n) is 11.9. The number of nitrogens with one attached hydrogen (secondary N) is 1. The van der Waals surface area contributed by atoms with Crippen LogP contribution in [-0.2, 0) is 6.18 Å². The molecule has 0 saturated carbocycles. The smallest absolute Gasteiger partial charge is 0.338 e. The molecule has 122 valence electrons.